The van der Waals surface area contributed by atoms with E-state index >= 15 is 0 Å². The number of methoxy groups -OCH3 is 1. The second kappa shape index (κ2) is 8.40. The fraction of sp³-hybridized carbons (Fsp3) is 0.0800. The lowest BCUT2D eigenvalue weighted by Gasteiger charge is -2.19. The van der Waals surface area contributed by atoms with Gasteiger partial charge in [0.05, 0.1) is 25.6 Å². The smallest absolute Gasteiger partial charge is 0.128 e. The van der Waals surface area contributed by atoms with Crippen molar-refractivity contribution in [3.63, 3.8) is 0 Å². The van der Waals surface area contributed by atoms with Crippen molar-refractivity contribution < 1.29 is 4.74 Å². The molecule has 4 aromatic carbocycles. The minimum Gasteiger partial charge on any atom is -0.496 e. The van der Waals surface area contributed by atoms with E-state index in [4.69, 9.17) is 9.84 Å². The van der Waals surface area contributed by atoms with Crippen molar-refractivity contribution in [2.24, 2.45) is 5.10 Å². The van der Waals surface area contributed by atoms with Gasteiger partial charge in [-0.15, -0.1) is 0 Å². The summed E-state index contributed by atoms with van der Waals surface area (Å²) >= 11 is 0. The van der Waals surface area contributed by atoms with Gasteiger partial charge in [0.1, 0.15) is 5.75 Å². The Balaban J connectivity index is 1.74. The highest BCUT2D eigenvalue weighted by Gasteiger charge is 2.09. The lowest BCUT2D eigenvalue weighted by Crippen LogP contribution is -2.16. The van der Waals surface area contributed by atoms with Crippen molar-refractivity contribution in [2.45, 2.75) is 6.54 Å². The van der Waals surface area contributed by atoms with Gasteiger partial charge >= 0.3 is 0 Å². The monoisotopic (exact) mass is 366 g/mol. The van der Waals surface area contributed by atoms with Crippen molar-refractivity contribution in [3.8, 4) is 5.75 Å². The fourth-order valence-corrected chi connectivity index (χ4v) is 3.27. The Morgan fingerprint density at radius 1 is 0.786 bits per heavy atom. The minimum atomic E-state index is 0.689. The molecule has 0 aliphatic heterocycles. The summed E-state index contributed by atoms with van der Waals surface area (Å²) in [5, 5.41) is 9.15. The molecule has 0 atom stereocenters. The molecule has 0 saturated heterocycles. The molecule has 0 saturated carbocycles. The molecule has 0 spiro atoms. The van der Waals surface area contributed by atoms with Crippen LogP contribution < -0.4 is 9.75 Å². The number of rotatable bonds is 6. The van der Waals surface area contributed by atoms with Gasteiger partial charge in [-0.2, -0.15) is 5.10 Å². The van der Waals surface area contributed by atoms with Crippen LogP contribution in [0.1, 0.15) is 11.1 Å². The van der Waals surface area contributed by atoms with E-state index in [2.05, 4.69) is 54.6 Å². The van der Waals surface area contributed by atoms with Gasteiger partial charge < -0.3 is 4.74 Å². The summed E-state index contributed by atoms with van der Waals surface area (Å²) < 4.78 is 5.60. The molecule has 138 valence electrons. The maximum Gasteiger partial charge on any atom is 0.128 e. The third-order valence-electron chi connectivity index (χ3n) is 4.71. The van der Waals surface area contributed by atoms with Crippen LogP contribution in [0.2, 0.25) is 0 Å². The van der Waals surface area contributed by atoms with E-state index in [0.717, 1.165) is 22.4 Å². The van der Waals surface area contributed by atoms with Crippen LogP contribution in [-0.4, -0.2) is 13.3 Å². The van der Waals surface area contributed by atoms with E-state index in [1.54, 1.807) is 7.11 Å². The predicted molar refractivity (Wildman–Crippen MR) is 117 cm³/mol. The average molecular weight is 366 g/mol. The second-order valence-corrected chi connectivity index (χ2v) is 6.53. The number of para-hydroxylation sites is 1. The maximum absolute atomic E-state index is 5.60. The number of nitrogens with zero attached hydrogens (tertiary/aromatic N) is 2. The topological polar surface area (TPSA) is 24.8 Å². The summed E-state index contributed by atoms with van der Waals surface area (Å²) in [5.74, 6) is 0.815. The highest BCUT2D eigenvalue weighted by molar-refractivity contribution is 6.02. The number of hydrogen-bond donors (Lipinski definition) is 0. The third-order valence-corrected chi connectivity index (χ3v) is 4.71. The van der Waals surface area contributed by atoms with Crippen molar-refractivity contribution in [1.29, 1.82) is 0 Å². The Kier molecular flexibility index (Phi) is 5.34. The van der Waals surface area contributed by atoms with Crippen LogP contribution in [0.3, 0.4) is 0 Å². The van der Waals surface area contributed by atoms with Gasteiger partial charge in [-0.25, -0.2) is 0 Å². The van der Waals surface area contributed by atoms with Crippen LogP contribution in [-0.2, 0) is 6.54 Å². The Labute approximate surface area is 165 Å². The summed E-state index contributed by atoms with van der Waals surface area (Å²) in [6.07, 6.45) is 1.90. The largest absolute Gasteiger partial charge is 0.496 e. The first-order chi connectivity index (χ1) is 13.8. The molecule has 0 N–H and O–H groups in total. The number of hydrogen-bond acceptors (Lipinski definition) is 3. The summed E-state index contributed by atoms with van der Waals surface area (Å²) in [6.45, 7) is 0.689. The summed E-state index contributed by atoms with van der Waals surface area (Å²) in [7, 11) is 1.69. The standard InChI is InChI=1S/C25H22N2O/c1-28-25-17-16-21-12-8-9-15-23(21)24(25)18-26-27(22-13-6-3-7-14-22)19-20-10-4-2-5-11-20/h2-18H,19H2,1H3/b26-18+. The van der Waals surface area contributed by atoms with Gasteiger partial charge in [0.25, 0.3) is 0 Å². The zero-order chi connectivity index (χ0) is 19.2. The van der Waals surface area contributed by atoms with E-state index in [0.29, 0.717) is 6.54 Å². The molecule has 0 radical (unpaired) electrons. The third kappa shape index (κ3) is 3.89. The molecule has 3 heteroatoms. The van der Waals surface area contributed by atoms with Gasteiger partial charge in [-0.3, -0.25) is 5.01 Å². The Hall–Kier alpha value is -3.59. The average Bonchev–Trinajstić information content (AvgIpc) is 2.77. The number of benzene rings is 4. The zero-order valence-electron chi connectivity index (χ0n) is 15.8. The van der Waals surface area contributed by atoms with Crippen LogP contribution in [0.4, 0.5) is 5.69 Å². The fourth-order valence-electron chi connectivity index (χ4n) is 3.27. The predicted octanol–water partition coefficient (Wildman–Crippen LogP) is 5.89. The summed E-state index contributed by atoms with van der Waals surface area (Å²) in [6, 6.07) is 32.9. The normalized spacial score (nSPS) is 11.0. The molecule has 0 aliphatic rings. The molecule has 4 rings (SSSR count). The molecule has 0 bridgehead atoms. The van der Waals surface area contributed by atoms with Gasteiger partial charge in [0, 0.05) is 5.56 Å². The second-order valence-electron chi connectivity index (χ2n) is 6.53. The van der Waals surface area contributed by atoms with Crippen LogP contribution in [0.5, 0.6) is 5.75 Å². The number of fused-ring (bicyclic) bond motifs is 1. The molecule has 0 aromatic heterocycles. The molecule has 0 fully saturated rings. The van der Waals surface area contributed by atoms with Crippen molar-refractivity contribution in [2.75, 3.05) is 12.1 Å². The van der Waals surface area contributed by atoms with E-state index in [9.17, 15) is 0 Å². The summed E-state index contributed by atoms with van der Waals surface area (Å²) in [4.78, 5) is 0. The molecular formula is C25H22N2O. The van der Waals surface area contributed by atoms with Crippen molar-refractivity contribution in [3.05, 3.63) is 108 Å². The quantitative estimate of drug-likeness (QED) is 0.314. The lowest BCUT2D eigenvalue weighted by atomic mass is 10.0. The molecule has 0 aliphatic carbocycles. The first-order valence-electron chi connectivity index (χ1n) is 9.31. The SMILES string of the molecule is COc1ccc2ccccc2c1/C=N/N(Cc1ccccc1)c1ccccc1. The highest BCUT2D eigenvalue weighted by atomic mass is 16.5. The first-order valence-corrected chi connectivity index (χ1v) is 9.31. The number of hydrazone groups is 1. The van der Waals surface area contributed by atoms with E-state index in [1.165, 1.54) is 10.9 Å². The lowest BCUT2D eigenvalue weighted by molar-refractivity contribution is 0.415. The van der Waals surface area contributed by atoms with E-state index in [-0.39, 0.29) is 0 Å². The van der Waals surface area contributed by atoms with E-state index < -0.39 is 0 Å². The number of ether oxygens (including phenoxy) is 1. The zero-order valence-corrected chi connectivity index (χ0v) is 15.8. The Morgan fingerprint density at radius 3 is 2.21 bits per heavy atom. The minimum absolute atomic E-state index is 0.689. The van der Waals surface area contributed by atoms with Crippen LogP contribution >= 0.6 is 0 Å². The molecule has 0 heterocycles. The number of anilines is 1. The summed E-state index contributed by atoms with van der Waals surface area (Å²) in [5.41, 5.74) is 3.23. The van der Waals surface area contributed by atoms with Crippen LogP contribution in [0.15, 0.2) is 102 Å². The van der Waals surface area contributed by atoms with Gasteiger partial charge in [0.15, 0.2) is 0 Å². The molecule has 4 aromatic rings. The highest BCUT2D eigenvalue weighted by Crippen LogP contribution is 2.27. The van der Waals surface area contributed by atoms with Crippen molar-refractivity contribution >= 4 is 22.7 Å². The van der Waals surface area contributed by atoms with Gasteiger partial charge in [-0.05, 0) is 34.5 Å². The molecule has 0 amide bonds. The Bertz CT molecular complexity index is 1080. The maximum atomic E-state index is 5.60. The molecule has 3 nitrogen and oxygen atoms in total. The van der Waals surface area contributed by atoms with Gasteiger partial charge in [-0.1, -0.05) is 78.9 Å². The first kappa shape index (κ1) is 17.8. The molecule has 28 heavy (non-hydrogen) atoms. The molecule has 0 unspecified atom stereocenters. The van der Waals surface area contributed by atoms with E-state index in [1.807, 2.05) is 53.7 Å². The van der Waals surface area contributed by atoms with Crippen LogP contribution in [0, 0.1) is 0 Å². The van der Waals surface area contributed by atoms with Gasteiger partial charge in [0.2, 0.25) is 0 Å². The Morgan fingerprint density at radius 2 is 1.46 bits per heavy atom. The van der Waals surface area contributed by atoms with Crippen LogP contribution in [0.25, 0.3) is 10.8 Å². The molecular weight excluding hydrogens is 344 g/mol. The van der Waals surface area contributed by atoms with Crippen molar-refractivity contribution in [1.82, 2.24) is 0 Å².